The van der Waals surface area contributed by atoms with Gasteiger partial charge in [0.15, 0.2) is 6.61 Å². The standard InChI is InChI=1S/C13H11Cl2NO3S/c1-2-5-16-12(17)7-19-13(18)8-20-11-6-9(14)3-4-10(11)15/h1,3-4,6H,5,7-8H2,(H,16,17). The molecule has 1 aromatic carbocycles. The number of ether oxygens (including phenoxy) is 1. The lowest BCUT2D eigenvalue weighted by Gasteiger charge is -2.06. The van der Waals surface area contributed by atoms with Gasteiger partial charge >= 0.3 is 5.97 Å². The molecule has 106 valence electrons. The first-order valence-electron chi connectivity index (χ1n) is 5.46. The fourth-order valence-corrected chi connectivity index (χ4v) is 2.40. The van der Waals surface area contributed by atoms with Crippen LogP contribution in [0.4, 0.5) is 0 Å². The average molecular weight is 332 g/mol. The summed E-state index contributed by atoms with van der Waals surface area (Å²) < 4.78 is 4.78. The topological polar surface area (TPSA) is 55.4 Å². The van der Waals surface area contributed by atoms with Crippen molar-refractivity contribution in [3.05, 3.63) is 28.2 Å². The molecule has 0 atom stereocenters. The lowest BCUT2D eigenvalue weighted by Crippen LogP contribution is -2.29. The molecule has 0 aliphatic carbocycles. The number of hydrogen-bond donors (Lipinski definition) is 1. The molecule has 0 spiro atoms. The number of esters is 1. The average Bonchev–Trinajstić information content (AvgIpc) is 2.43. The summed E-state index contributed by atoms with van der Waals surface area (Å²) in [5.74, 6) is 1.30. The first-order valence-corrected chi connectivity index (χ1v) is 7.20. The van der Waals surface area contributed by atoms with Gasteiger partial charge in [0.2, 0.25) is 0 Å². The number of hydrogen-bond acceptors (Lipinski definition) is 4. The van der Waals surface area contributed by atoms with Crippen LogP contribution in [0, 0.1) is 12.3 Å². The van der Waals surface area contributed by atoms with Crippen LogP contribution >= 0.6 is 35.0 Å². The summed E-state index contributed by atoms with van der Waals surface area (Å²) in [6.07, 6.45) is 4.97. The van der Waals surface area contributed by atoms with Gasteiger partial charge in [-0.2, -0.15) is 0 Å². The van der Waals surface area contributed by atoms with Crippen molar-refractivity contribution in [1.82, 2.24) is 5.32 Å². The number of benzene rings is 1. The van der Waals surface area contributed by atoms with Crippen molar-refractivity contribution in [3.63, 3.8) is 0 Å². The molecular formula is C13H11Cl2NO3S. The Morgan fingerprint density at radius 1 is 1.40 bits per heavy atom. The maximum atomic E-state index is 11.5. The van der Waals surface area contributed by atoms with Crippen LogP contribution in [-0.4, -0.2) is 30.8 Å². The van der Waals surface area contributed by atoms with E-state index >= 15 is 0 Å². The minimum atomic E-state index is -0.526. The molecule has 0 saturated carbocycles. The van der Waals surface area contributed by atoms with E-state index in [4.69, 9.17) is 34.4 Å². The van der Waals surface area contributed by atoms with Crippen LogP contribution in [0.3, 0.4) is 0 Å². The maximum Gasteiger partial charge on any atom is 0.316 e. The Balaban J connectivity index is 2.35. The molecule has 1 rings (SSSR count). The number of thioether (sulfide) groups is 1. The Morgan fingerprint density at radius 3 is 2.85 bits per heavy atom. The van der Waals surface area contributed by atoms with Crippen molar-refractivity contribution in [2.75, 3.05) is 18.9 Å². The third kappa shape index (κ3) is 6.20. The van der Waals surface area contributed by atoms with E-state index in [0.717, 1.165) is 0 Å². The Bertz CT molecular complexity index is 543. The molecule has 0 radical (unpaired) electrons. The molecule has 4 nitrogen and oxygen atoms in total. The van der Waals surface area contributed by atoms with Crippen molar-refractivity contribution in [2.45, 2.75) is 4.90 Å². The third-order valence-corrected chi connectivity index (χ3v) is 3.70. The van der Waals surface area contributed by atoms with Gasteiger partial charge in [-0.1, -0.05) is 29.1 Å². The molecule has 0 aliphatic heterocycles. The normalized spacial score (nSPS) is 9.65. The number of terminal acetylenes is 1. The Morgan fingerprint density at radius 2 is 2.15 bits per heavy atom. The van der Waals surface area contributed by atoms with E-state index in [2.05, 4.69) is 11.2 Å². The van der Waals surface area contributed by atoms with E-state index in [1.807, 2.05) is 0 Å². The number of halogens is 2. The number of carbonyl (C=O) groups is 2. The second kappa shape index (κ2) is 8.75. The third-order valence-electron chi connectivity index (χ3n) is 1.99. The molecule has 0 aliphatic rings. The van der Waals surface area contributed by atoms with Crippen LogP contribution in [0.2, 0.25) is 10.0 Å². The maximum absolute atomic E-state index is 11.5. The zero-order valence-corrected chi connectivity index (χ0v) is 12.6. The molecule has 0 saturated heterocycles. The fraction of sp³-hybridized carbons (Fsp3) is 0.231. The summed E-state index contributed by atoms with van der Waals surface area (Å²) in [4.78, 5) is 23.3. The first kappa shape index (κ1) is 16.7. The highest BCUT2D eigenvalue weighted by atomic mass is 35.5. The molecule has 7 heteroatoms. The number of nitrogens with one attached hydrogen (secondary N) is 1. The van der Waals surface area contributed by atoms with Gasteiger partial charge in [-0.05, 0) is 18.2 Å². The van der Waals surface area contributed by atoms with Gasteiger partial charge in [0, 0.05) is 9.92 Å². The van der Waals surface area contributed by atoms with Gasteiger partial charge in [-0.3, -0.25) is 9.59 Å². The van der Waals surface area contributed by atoms with Gasteiger partial charge in [0.1, 0.15) is 0 Å². The summed E-state index contributed by atoms with van der Waals surface area (Å²) in [5, 5.41) is 3.41. The lowest BCUT2D eigenvalue weighted by atomic mass is 10.4. The van der Waals surface area contributed by atoms with Crippen molar-refractivity contribution in [2.24, 2.45) is 0 Å². The molecule has 0 heterocycles. The van der Waals surface area contributed by atoms with Crippen LogP contribution in [0.25, 0.3) is 0 Å². The van der Waals surface area contributed by atoms with Crippen LogP contribution < -0.4 is 5.32 Å². The summed E-state index contributed by atoms with van der Waals surface area (Å²) in [5.41, 5.74) is 0. The molecule has 1 aromatic rings. The Kier molecular flexibility index (Phi) is 7.31. The van der Waals surface area contributed by atoms with Gasteiger partial charge in [-0.15, -0.1) is 18.2 Å². The molecule has 1 N–H and O–H groups in total. The summed E-state index contributed by atoms with van der Waals surface area (Å²) in [6.45, 7) is -0.256. The van der Waals surface area contributed by atoms with E-state index < -0.39 is 11.9 Å². The van der Waals surface area contributed by atoms with E-state index in [1.165, 1.54) is 11.8 Å². The SMILES string of the molecule is C#CCNC(=O)COC(=O)CSc1cc(Cl)ccc1Cl. The summed E-state index contributed by atoms with van der Waals surface area (Å²) >= 11 is 13.0. The predicted octanol–water partition coefficient (Wildman–Crippen LogP) is 2.38. The fourth-order valence-electron chi connectivity index (χ4n) is 1.11. The van der Waals surface area contributed by atoms with Crippen molar-refractivity contribution < 1.29 is 14.3 Å². The highest BCUT2D eigenvalue weighted by Crippen LogP contribution is 2.29. The number of amides is 1. The summed E-state index contributed by atoms with van der Waals surface area (Å²) in [6, 6.07) is 4.95. The molecule has 0 bridgehead atoms. The zero-order valence-electron chi connectivity index (χ0n) is 10.3. The molecule has 0 aromatic heterocycles. The van der Waals surface area contributed by atoms with Crippen LogP contribution in [0.5, 0.6) is 0 Å². The minimum absolute atomic E-state index is 0.0302. The van der Waals surface area contributed by atoms with Crippen molar-refractivity contribution >= 4 is 46.8 Å². The highest BCUT2D eigenvalue weighted by Gasteiger charge is 2.09. The second-order valence-electron chi connectivity index (χ2n) is 3.50. The van der Waals surface area contributed by atoms with Crippen molar-refractivity contribution in [1.29, 1.82) is 0 Å². The molecule has 0 unspecified atom stereocenters. The van der Waals surface area contributed by atoms with E-state index in [9.17, 15) is 9.59 Å². The minimum Gasteiger partial charge on any atom is -0.455 e. The first-order chi connectivity index (χ1) is 9.52. The number of carbonyl (C=O) groups excluding carboxylic acids is 2. The van der Waals surface area contributed by atoms with E-state index in [-0.39, 0.29) is 18.9 Å². The van der Waals surface area contributed by atoms with Crippen LogP contribution in [-0.2, 0) is 14.3 Å². The van der Waals surface area contributed by atoms with Gasteiger partial charge < -0.3 is 10.1 Å². The Hall–Kier alpha value is -1.35. The van der Waals surface area contributed by atoms with Gasteiger partial charge in [-0.25, -0.2) is 0 Å². The van der Waals surface area contributed by atoms with E-state index in [0.29, 0.717) is 14.9 Å². The molecular weight excluding hydrogens is 321 g/mol. The smallest absolute Gasteiger partial charge is 0.316 e. The van der Waals surface area contributed by atoms with Gasteiger partial charge in [0.05, 0.1) is 17.3 Å². The quantitative estimate of drug-likeness (QED) is 0.494. The number of rotatable bonds is 6. The largest absolute Gasteiger partial charge is 0.455 e. The summed E-state index contributed by atoms with van der Waals surface area (Å²) in [7, 11) is 0. The molecule has 20 heavy (non-hydrogen) atoms. The molecule has 0 fully saturated rings. The van der Waals surface area contributed by atoms with Crippen molar-refractivity contribution in [3.8, 4) is 12.3 Å². The lowest BCUT2D eigenvalue weighted by molar-refractivity contribution is -0.145. The van der Waals surface area contributed by atoms with Crippen LogP contribution in [0.15, 0.2) is 23.1 Å². The van der Waals surface area contributed by atoms with Crippen LogP contribution in [0.1, 0.15) is 0 Å². The second-order valence-corrected chi connectivity index (χ2v) is 5.37. The molecule has 1 amide bonds. The highest BCUT2D eigenvalue weighted by molar-refractivity contribution is 8.00. The van der Waals surface area contributed by atoms with Gasteiger partial charge in [0.25, 0.3) is 5.91 Å². The Labute approximate surface area is 131 Å². The zero-order chi connectivity index (χ0) is 15.0. The predicted molar refractivity (Wildman–Crippen MR) is 80.0 cm³/mol. The van der Waals surface area contributed by atoms with E-state index in [1.54, 1.807) is 18.2 Å². The monoisotopic (exact) mass is 331 g/mol.